The monoisotopic (exact) mass is 282 g/mol. The highest BCUT2D eigenvalue weighted by atomic mass is 16.5. The van der Waals surface area contributed by atoms with Crippen LogP contribution < -0.4 is 5.73 Å². The van der Waals surface area contributed by atoms with Gasteiger partial charge >= 0.3 is 0 Å². The van der Waals surface area contributed by atoms with E-state index in [1.54, 1.807) is 30.7 Å². The summed E-state index contributed by atoms with van der Waals surface area (Å²) in [6, 6.07) is 0. The maximum Gasteiger partial charge on any atom is 0.274 e. The van der Waals surface area contributed by atoms with Crippen molar-refractivity contribution in [1.82, 2.24) is 14.7 Å². The number of nitrogens with zero attached hydrogens (tertiary/aromatic N) is 3. The number of hydrogen-bond donors (Lipinski definition) is 1. The van der Waals surface area contributed by atoms with Crippen molar-refractivity contribution in [2.75, 3.05) is 33.0 Å². The second kappa shape index (κ2) is 5.80. The molecule has 1 aliphatic rings. The van der Waals surface area contributed by atoms with Crippen LogP contribution in [0.15, 0.2) is 0 Å². The number of nitrogen functional groups attached to an aromatic ring is 1. The van der Waals surface area contributed by atoms with Gasteiger partial charge in [-0.2, -0.15) is 5.10 Å². The summed E-state index contributed by atoms with van der Waals surface area (Å²) in [5.74, 6) is -0.119. The molecule has 2 unspecified atom stereocenters. The Hall–Kier alpha value is -1.60. The predicted octanol–water partition coefficient (Wildman–Crippen LogP) is 0.279. The van der Waals surface area contributed by atoms with E-state index in [0.717, 1.165) is 0 Å². The highest BCUT2D eigenvalue weighted by molar-refractivity contribution is 5.98. The number of aromatic nitrogens is 2. The van der Waals surface area contributed by atoms with Crippen molar-refractivity contribution < 1.29 is 14.3 Å². The number of ether oxygens (including phenoxy) is 2. The maximum atomic E-state index is 12.7. The first kappa shape index (κ1) is 14.8. The average molecular weight is 282 g/mol. The van der Waals surface area contributed by atoms with Crippen LogP contribution in [0.25, 0.3) is 0 Å². The third-order valence-electron chi connectivity index (χ3n) is 3.78. The van der Waals surface area contributed by atoms with E-state index in [1.165, 1.54) is 0 Å². The number of aryl methyl sites for hydroxylation is 2. The smallest absolute Gasteiger partial charge is 0.274 e. The molecule has 112 valence electrons. The van der Waals surface area contributed by atoms with Crippen LogP contribution in [0.5, 0.6) is 0 Å². The van der Waals surface area contributed by atoms with E-state index >= 15 is 0 Å². The van der Waals surface area contributed by atoms with Gasteiger partial charge in [0.15, 0.2) is 0 Å². The molecule has 2 N–H and O–H groups in total. The fourth-order valence-corrected chi connectivity index (χ4v) is 2.56. The van der Waals surface area contributed by atoms with Gasteiger partial charge in [0.05, 0.1) is 11.4 Å². The summed E-state index contributed by atoms with van der Waals surface area (Å²) >= 11 is 0. The molecule has 0 aliphatic carbocycles. The molecule has 2 heterocycles. The quantitative estimate of drug-likeness (QED) is 0.857. The number of nitrogens with two attached hydrogens (primary N) is 1. The highest BCUT2D eigenvalue weighted by Crippen LogP contribution is 2.23. The van der Waals surface area contributed by atoms with Crippen LogP contribution in [-0.4, -0.2) is 60.1 Å². The van der Waals surface area contributed by atoms with Crippen LogP contribution in [0.4, 0.5) is 5.69 Å². The Labute approximate surface area is 118 Å². The molecule has 7 heteroatoms. The van der Waals surface area contributed by atoms with Gasteiger partial charge in [-0.1, -0.05) is 0 Å². The van der Waals surface area contributed by atoms with Gasteiger partial charge < -0.3 is 20.1 Å². The predicted molar refractivity (Wildman–Crippen MR) is 74.5 cm³/mol. The lowest BCUT2D eigenvalue weighted by Gasteiger charge is -2.16. The number of likely N-dealkylation sites (tertiary alicyclic amines) is 1. The van der Waals surface area contributed by atoms with E-state index in [4.69, 9.17) is 15.2 Å². The second-order valence-corrected chi connectivity index (χ2v) is 4.92. The maximum absolute atomic E-state index is 12.7. The van der Waals surface area contributed by atoms with Gasteiger partial charge in [0, 0.05) is 33.9 Å². The van der Waals surface area contributed by atoms with Crippen LogP contribution >= 0.6 is 0 Å². The summed E-state index contributed by atoms with van der Waals surface area (Å²) in [7, 11) is 3.25. The van der Waals surface area contributed by atoms with E-state index < -0.39 is 0 Å². The first-order chi connectivity index (χ1) is 9.53. The molecule has 2 rings (SSSR count). The molecule has 0 saturated carbocycles. The van der Waals surface area contributed by atoms with Crippen molar-refractivity contribution in [3.8, 4) is 0 Å². The molecule has 1 aromatic rings. The van der Waals surface area contributed by atoms with Gasteiger partial charge in [0.1, 0.15) is 17.9 Å². The van der Waals surface area contributed by atoms with E-state index in [0.29, 0.717) is 36.7 Å². The Balaban J connectivity index is 2.25. The number of anilines is 1. The van der Waals surface area contributed by atoms with Gasteiger partial charge in [-0.25, -0.2) is 0 Å². The third-order valence-corrected chi connectivity index (χ3v) is 3.78. The summed E-state index contributed by atoms with van der Waals surface area (Å²) in [5, 5.41) is 4.28. The van der Waals surface area contributed by atoms with Crippen molar-refractivity contribution in [3.05, 3.63) is 11.4 Å². The van der Waals surface area contributed by atoms with Crippen molar-refractivity contribution >= 4 is 11.6 Å². The summed E-state index contributed by atoms with van der Waals surface area (Å²) in [6.07, 6.45) is -0.214. The normalized spacial score (nSPS) is 22.5. The van der Waals surface area contributed by atoms with Crippen LogP contribution in [0, 0.1) is 6.92 Å². The molecular formula is C13H22N4O3. The zero-order valence-electron chi connectivity index (χ0n) is 12.4. The van der Waals surface area contributed by atoms with E-state index in [9.17, 15) is 4.79 Å². The van der Waals surface area contributed by atoms with Crippen molar-refractivity contribution in [2.24, 2.45) is 0 Å². The molecule has 0 spiro atoms. The Morgan fingerprint density at radius 1 is 1.35 bits per heavy atom. The standard InChI is InChI=1S/C13H22N4O3/c1-5-17-12(11(14)8(2)15-17)13(18)16-6-9(19-3)10(7-16)20-4/h9-10H,5-7,14H2,1-4H3. The van der Waals surface area contributed by atoms with Crippen molar-refractivity contribution in [2.45, 2.75) is 32.6 Å². The van der Waals surface area contributed by atoms with Gasteiger partial charge in [-0.15, -0.1) is 0 Å². The lowest BCUT2D eigenvalue weighted by molar-refractivity contribution is -0.00461. The zero-order valence-corrected chi connectivity index (χ0v) is 12.4. The van der Waals surface area contributed by atoms with Gasteiger partial charge in [-0.05, 0) is 13.8 Å². The minimum absolute atomic E-state index is 0.107. The summed E-state index contributed by atoms with van der Waals surface area (Å²) in [5.41, 5.74) is 7.58. The van der Waals surface area contributed by atoms with Crippen molar-refractivity contribution in [1.29, 1.82) is 0 Å². The van der Waals surface area contributed by atoms with Gasteiger partial charge in [0.2, 0.25) is 0 Å². The second-order valence-electron chi connectivity index (χ2n) is 4.92. The van der Waals surface area contributed by atoms with Crippen LogP contribution in [0.1, 0.15) is 23.1 Å². The Kier molecular flexibility index (Phi) is 4.29. The molecule has 7 nitrogen and oxygen atoms in total. The fraction of sp³-hybridized carbons (Fsp3) is 0.692. The minimum Gasteiger partial charge on any atom is -0.395 e. The molecule has 1 aliphatic heterocycles. The molecular weight excluding hydrogens is 260 g/mol. The minimum atomic E-state index is -0.119. The molecule has 1 saturated heterocycles. The van der Waals surface area contributed by atoms with E-state index in [1.807, 2.05) is 6.92 Å². The first-order valence-electron chi connectivity index (χ1n) is 6.71. The molecule has 1 fully saturated rings. The van der Waals surface area contributed by atoms with E-state index in [-0.39, 0.29) is 18.1 Å². The Morgan fingerprint density at radius 2 is 1.90 bits per heavy atom. The molecule has 0 aromatic carbocycles. The van der Waals surface area contributed by atoms with Crippen LogP contribution in [-0.2, 0) is 16.0 Å². The van der Waals surface area contributed by atoms with Crippen molar-refractivity contribution in [3.63, 3.8) is 0 Å². The Morgan fingerprint density at radius 3 is 2.35 bits per heavy atom. The number of methoxy groups -OCH3 is 2. The number of rotatable bonds is 4. The molecule has 2 atom stereocenters. The number of carbonyl (C=O) groups excluding carboxylic acids is 1. The van der Waals surface area contributed by atoms with Crippen LogP contribution in [0.3, 0.4) is 0 Å². The van der Waals surface area contributed by atoms with E-state index in [2.05, 4.69) is 5.10 Å². The SMILES string of the molecule is CCn1nc(C)c(N)c1C(=O)N1CC(OC)C(OC)C1. The molecule has 0 radical (unpaired) electrons. The fourth-order valence-electron chi connectivity index (χ4n) is 2.56. The molecule has 20 heavy (non-hydrogen) atoms. The van der Waals surface area contributed by atoms with Gasteiger partial charge in [0.25, 0.3) is 5.91 Å². The average Bonchev–Trinajstić information content (AvgIpc) is 3.00. The van der Waals surface area contributed by atoms with Gasteiger partial charge in [-0.3, -0.25) is 9.48 Å². The largest absolute Gasteiger partial charge is 0.395 e. The third kappa shape index (κ3) is 2.38. The number of carbonyl (C=O) groups is 1. The molecule has 1 aromatic heterocycles. The summed E-state index contributed by atoms with van der Waals surface area (Å²) in [6.45, 7) is 5.34. The molecule has 1 amide bonds. The summed E-state index contributed by atoms with van der Waals surface area (Å²) in [4.78, 5) is 14.4. The highest BCUT2D eigenvalue weighted by Gasteiger charge is 2.37. The first-order valence-corrected chi connectivity index (χ1v) is 6.71. The zero-order chi connectivity index (χ0) is 14.9. The number of hydrogen-bond acceptors (Lipinski definition) is 5. The Bertz CT molecular complexity index is 488. The lowest BCUT2D eigenvalue weighted by Crippen LogP contribution is -2.32. The molecule has 0 bridgehead atoms. The summed E-state index contributed by atoms with van der Waals surface area (Å²) < 4.78 is 12.3. The topological polar surface area (TPSA) is 82.6 Å². The van der Waals surface area contributed by atoms with Crippen LogP contribution in [0.2, 0.25) is 0 Å². The number of amides is 1. The lowest BCUT2D eigenvalue weighted by atomic mass is 10.2.